The molecule has 14 heavy (non-hydrogen) atoms. The van der Waals surface area contributed by atoms with E-state index in [1.807, 2.05) is 25.6 Å². The van der Waals surface area contributed by atoms with Crippen LogP contribution < -0.4 is 5.73 Å². The fourth-order valence-corrected chi connectivity index (χ4v) is 1.36. The molecule has 0 bridgehead atoms. The second kappa shape index (κ2) is 3.96. The first-order chi connectivity index (χ1) is 6.43. The fourth-order valence-electron chi connectivity index (χ4n) is 1.36. The van der Waals surface area contributed by atoms with E-state index >= 15 is 0 Å². The SMILES string of the molecule is C/C(=C\c1c(C)nn(C)c1C)C(C)N. The number of hydrogen-bond acceptors (Lipinski definition) is 2. The van der Waals surface area contributed by atoms with Crippen LogP contribution >= 0.6 is 0 Å². The Balaban J connectivity index is 3.14. The van der Waals surface area contributed by atoms with Gasteiger partial charge in [0.05, 0.1) is 5.69 Å². The molecule has 0 aliphatic rings. The molecule has 1 aromatic rings. The van der Waals surface area contributed by atoms with Crippen LogP contribution in [-0.4, -0.2) is 15.8 Å². The van der Waals surface area contributed by atoms with Crippen molar-refractivity contribution < 1.29 is 0 Å². The monoisotopic (exact) mass is 193 g/mol. The van der Waals surface area contributed by atoms with E-state index in [4.69, 9.17) is 5.73 Å². The summed E-state index contributed by atoms with van der Waals surface area (Å²) in [6.45, 7) is 8.14. The van der Waals surface area contributed by atoms with Crippen LogP contribution in [0.3, 0.4) is 0 Å². The van der Waals surface area contributed by atoms with E-state index in [1.54, 1.807) is 0 Å². The van der Waals surface area contributed by atoms with Crippen molar-refractivity contribution in [3.05, 3.63) is 22.5 Å². The van der Waals surface area contributed by atoms with Crippen molar-refractivity contribution in [2.24, 2.45) is 12.8 Å². The first kappa shape index (κ1) is 11.0. The number of aryl methyl sites for hydroxylation is 2. The number of rotatable bonds is 2. The molecule has 1 unspecified atom stereocenters. The molecule has 0 aliphatic heterocycles. The van der Waals surface area contributed by atoms with Crippen LogP contribution in [0.2, 0.25) is 0 Å². The van der Waals surface area contributed by atoms with Gasteiger partial charge in [0.1, 0.15) is 0 Å². The molecule has 0 saturated heterocycles. The highest BCUT2D eigenvalue weighted by atomic mass is 15.3. The van der Waals surface area contributed by atoms with Crippen molar-refractivity contribution in [1.82, 2.24) is 9.78 Å². The van der Waals surface area contributed by atoms with E-state index in [1.165, 1.54) is 16.8 Å². The van der Waals surface area contributed by atoms with Crippen molar-refractivity contribution in [3.63, 3.8) is 0 Å². The first-order valence-electron chi connectivity index (χ1n) is 4.87. The molecule has 0 radical (unpaired) electrons. The average molecular weight is 193 g/mol. The van der Waals surface area contributed by atoms with Crippen molar-refractivity contribution in [2.75, 3.05) is 0 Å². The van der Waals surface area contributed by atoms with Gasteiger partial charge in [-0.3, -0.25) is 4.68 Å². The molecular weight excluding hydrogens is 174 g/mol. The van der Waals surface area contributed by atoms with E-state index in [9.17, 15) is 0 Å². The third-order valence-electron chi connectivity index (χ3n) is 2.66. The van der Waals surface area contributed by atoms with Crippen LogP contribution in [0.4, 0.5) is 0 Å². The van der Waals surface area contributed by atoms with E-state index in [0.29, 0.717) is 0 Å². The smallest absolute Gasteiger partial charge is 0.0668 e. The Labute approximate surface area is 85.6 Å². The molecule has 0 aliphatic carbocycles. The van der Waals surface area contributed by atoms with Gasteiger partial charge in [0, 0.05) is 24.3 Å². The van der Waals surface area contributed by atoms with Gasteiger partial charge in [-0.1, -0.05) is 11.6 Å². The molecule has 78 valence electrons. The summed E-state index contributed by atoms with van der Waals surface area (Å²) >= 11 is 0. The Kier molecular flexibility index (Phi) is 3.11. The molecule has 1 aromatic heterocycles. The maximum atomic E-state index is 5.80. The summed E-state index contributed by atoms with van der Waals surface area (Å²) in [6.07, 6.45) is 2.13. The van der Waals surface area contributed by atoms with E-state index < -0.39 is 0 Å². The van der Waals surface area contributed by atoms with Crippen LogP contribution in [0, 0.1) is 13.8 Å². The van der Waals surface area contributed by atoms with Gasteiger partial charge in [0.2, 0.25) is 0 Å². The molecular formula is C11H19N3. The minimum Gasteiger partial charge on any atom is -0.324 e. The molecule has 1 atom stereocenters. The second-order valence-corrected chi connectivity index (χ2v) is 3.89. The molecule has 0 fully saturated rings. The van der Waals surface area contributed by atoms with Crippen molar-refractivity contribution in [2.45, 2.75) is 33.7 Å². The summed E-state index contributed by atoms with van der Waals surface area (Å²) in [7, 11) is 1.96. The van der Waals surface area contributed by atoms with Crippen molar-refractivity contribution in [1.29, 1.82) is 0 Å². The largest absolute Gasteiger partial charge is 0.324 e. The Morgan fingerprint density at radius 3 is 2.43 bits per heavy atom. The van der Waals surface area contributed by atoms with Crippen molar-refractivity contribution in [3.8, 4) is 0 Å². The normalized spacial score (nSPS) is 14.6. The lowest BCUT2D eigenvalue weighted by Crippen LogP contribution is -2.15. The maximum absolute atomic E-state index is 5.80. The molecule has 0 saturated carbocycles. The number of aromatic nitrogens is 2. The molecule has 3 heteroatoms. The van der Waals surface area contributed by atoms with E-state index in [2.05, 4.69) is 25.0 Å². The topological polar surface area (TPSA) is 43.8 Å². The molecule has 0 amide bonds. The number of nitrogens with two attached hydrogens (primary N) is 1. The van der Waals surface area contributed by atoms with Crippen LogP contribution in [0.1, 0.15) is 30.8 Å². The summed E-state index contributed by atoms with van der Waals surface area (Å²) < 4.78 is 1.90. The summed E-state index contributed by atoms with van der Waals surface area (Å²) in [5.41, 5.74) is 10.4. The molecule has 3 nitrogen and oxygen atoms in total. The highest BCUT2D eigenvalue weighted by molar-refractivity contribution is 5.57. The highest BCUT2D eigenvalue weighted by Crippen LogP contribution is 2.16. The Hall–Kier alpha value is -1.09. The van der Waals surface area contributed by atoms with Gasteiger partial charge in [0.25, 0.3) is 0 Å². The first-order valence-corrected chi connectivity index (χ1v) is 4.87. The minimum atomic E-state index is 0.106. The van der Waals surface area contributed by atoms with Gasteiger partial charge in [-0.25, -0.2) is 0 Å². The Morgan fingerprint density at radius 1 is 1.50 bits per heavy atom. The van der Waals surface area contributed by atoms with Gasteiger partial charge in [-0.05, 0) is 27.7 Å². The van der Waals surface area contributed by atoms with Gasteiger partial charge >= 0.3 is 0 Å². The lowest BCUT2D eigenvalue weighted by Gasteiger charge is -2.05. The number of hydrogen-bond donors (Lipinski definition) is 1. The zero-order valence-electron chi connectivity index (χ0n) is 9.63. The van der Waals surface area contributed by atoms with Gasteiger partial charge in [-0.15, -0.1) is 0 Å². The number of nitrogens with zero attached hydrogens (tertiary/aromatic N) is 2. The van der Waals surface area contributed by atoms with Crippen molar-refractivity contribution >= 4 is 6.08 Å². The van der Waals surface area contributed by atoms with Gasteiger partial charge in [0.15, 0.2) is 0 Å². The standard InChI is InChI=1S/C11H19N3/c1-7(8(2)12)6-11-9(3)13-14(5)10(11)4/h6,8H,12H2,1-5H3/b7-6+. The van der Waals surface area contributed by atoms with Crippen LogP contribution in [0.25, 0.3) is 6.08 Å². The minimum absolute atomic E-state index is 0.106. The zero-order valence-corrected chi connectivity index (χ0v) is 9.63. The third-order valence-corrected chi connectivity index (χ3v) is 2.66. The Morgan fingerprint density at radius 2 is 2.07 bits per heavy atom. The molecule has 1 rings (SSSR count). The highest BCUT2D eigenvalue weighted by Gasteiger charge is 2.07. The average Bonchev–Trinajstić information content (AvgIpc) is 2.32. The lowest BCUT2D eigenvalue weighted by atomic mass is 10.1. The van der Waals surface area contributed by atoms with Gasteiger partial charge in [-0.2, -0.15) is 5.10 Å². The second-order valence-electron chi connectivity index (χ2n) is 3.89. The van der Waals surface area contributed by atoms with Crippen LogP contribution in [0.5, 0.6) is 0 Å². The van der Waals surface area contributed by atoms with Gasteiger partial charge < -0.3 is 5.73 Å². The lowest BCUT2D eigenvalue weighted by molar-refractivity contribution is 0.731. The summed E-state index contributed by atoms with van der Waals surface area (Å²) in [5.74, 6) is 0. The summed E-state index contributed by atoms with van der Waals surface area (Å²) in [5, 5.41) is 4.35. The predicted molar refractivity (Wildman–Crippen MR) is 60.0 cm³/mol. The molecule has 2 N–H and O–H groups in total. The zero-order chi connectivity index (χ0) is 10.9. The summed E-state index contributed by atoms with van der Waals surface area (Å²) in [4.78, 5) is 0. The van der Waals surface area contributed by atoms with Crippen LogP contribution in [0.15, 0.2) is 5.57 Å². The maximum Gasteiger partial charge on any atom is 0.0668 e. The fraction of sp³-hybridized carbons (Fsp3) is 0.545. The predicted octanol–water partition coefficient (Wildman–Crippen LogP) is 1.79. The molecule has 1 heterocycles. The molecule has 0 spiro atoms. The Bertz CT molecular complexity index is 359. The van der Waals surface area contributed by atoms with E-state index in [-0.39, 0.29) is 6.04 Å². The molecule has 0 aromatic carbocycles. The quantitative estimate of drug-likeness (QED) is 0.778. The summed E-state index contributed by atoms with van der Waals surface area (Å²) in [6, 6.07) is 0.106. The van der Waals surface area contributed by atoms with Crippen LogP contribution in [-0.2, 0) is 7.05 Å². The van der Waals surface area contributed by atoms with E-state index in [0.717, 1.165) is 5.69 Å². The third kappa shape index (κ3) is 2.04.